The lowest BCUT2D eigenvalue weighted by Crippen LogP contribution is -2.42. The lowest BCUT2D eigenvalue weighted by molar-refractivity contribution is -0.141. The molecule has 0 aliphatic carbocycles. The van der Waals surface area contributed by atoms with Crippen LogP contribution in [0.1, 0.15) is 13.8 Å². The topological polar surface area (TPSA) is 98.7 Å². The minimum Gasteiger partial charge on any atom is -0.480 e. The van der Waals surface area contributed by atoms with Crippen LogP contribution in [0.5, 0.6) is 0 Å². The molecule has 108 valence electrons. The molecule has 7 heteroatoms. The molecule has 0 spiro atoms. The van der Waals surface area contributed by atoms with E-state index in [1.807, 2.05) is 0 Å². The Bertz CT molecular complexity index is 513. The summed E-state index contributed by atoms with van der Waals surface area (Å²) >= 11 is 0. The number of carbonyl (C=O) groups excluding carboxylic acids is 2. The van der Waals surface area contributed by atoms with Gasteiger partial charge in [-0.1, -0.05) is 0 Å². The van der Waals surface area contributed by atoms with Crippen molar-refractivity contribution in [2.75, 3.05) is 17.7 Å². The molecule has 0 saturated carbocycles. The molecule has 1 atom stereocenters. The predicted molar refractivity (Wildman–Crippen MR) is 74.6 cm³/mol. The van der Waals surface area contributed by atoms with Crippen molar-refractivity contribution in [1.82, 2.24) is 4.90 Å². The number of rotatable bonds is 4. The predicted octanol–water partition coefficient (Wildman–Crippen LogP) is 1.58. The SMILES string of the molecule is CC(=O)Nc1ccc(NC(=O)N(C)C(C)C(=O)O)cc1. The third kappa shape index (κ3) is 4.27. The first kappa shape index (κ1) is 15.5. The molecule has 3 N–H and O–H groups in total. The molecular formula is C13H17N3O4. The van der Waals surface area contributed by atoms with Gasteiger partial charge < -0.3 is 20.6 Å². The Labute approximate surface area is 116 Å². The molecule has 0 aliphatic heterocycles. The molecule has 1 unspecified atom stereocenters. The summed E-state index contributed by atoms with van der Waals surface area (Å²) in [5.41, 5.74) is 1.12. The van der Waals surface area contributed by atoms with Crippen LogP contribution in [-0.4, -0.2) is 41.0 Å². The average Bonchev–Trinajstić information content (AvgIpc) is 2.38. The molecule has 0 heterocycles. The first-order chi connectivity index (χ1) is 9.31. The van der Waals surface area contributed by atoms with Crippen molar-refractivity contribution in [2.24, 2.45) is 0 Å². The maximum Gasteiger partial charge on any atom is 0.326 e. The van der Waals surface area contributed by atoms with E-state index in [-0.39, 0.29) is 5.91 Å². The molecule has 20 heavy (non-hydrogen) atoms. The van der Waals surface area contributed by atoms with Crippen LogP contribution in [0.4, 0.5) is 16.2 Å². The number of nitrogens with one attached hydrogen (secondary N) is 2. The van der Waals surface area contributed by atoms with Gasteiger partial charge in [0.15, 0.2) is 0 Å². The Morgan fingerprint density at radius 2 is 1.55 bits per heavy atom. The number of carboxylic acid groups (broad SMARTS) is 1. The maximum absolute atomic E-state index is 11.8. The van der Waals surface area contributed by atoms with E-state index in [1.165, 1.54) is 20.9 Å². The van der Waals surface area contributed by atoms with Crippen LogP contribution in [0.25, 0.3) is 0 Å². The summed E-state index contributed by atoms with van der Waals surface area (Å²) in [4.78, 5) is 34.5. The van der Waals surface area contributed by atoms with E-state index < -0.39 is 18.0 Å². The van der Waals surface area contributed by atoms with Gasteiger partial charge in [0.05, 0.1) is 0 Å². The van der Waals surface area contributed by atoms with Crippen molar-refractivity contribution in [3.8, 4) is 0 Å². The van der Waals surface area contributed by atoms with Gasteiger partial charge >= 0.3 is 12.0 Å². The Balaban J connectivity index is 2.66. The summed E-state index contributed by atoms with van der Waals surface area (Å²) < 4.78 is 0. The number of benzene rings is 1. The largest absolute Gasteiger partial charge is 0.480 e. The second kappa shape index (κ2) is 6.55. The quantitative estimate of drug-likeness (QED) is 0.779. The van der Waals surface area contributed by atoms with E-state index in [4.69, 9.17) is 5.11 Å². The second-order valence-electron chi connectivity index (χ2n) is 4.31. The number of aliphatic carboxylic acids is 1. The fourth-order valence-corrected chi connectivity index (χ4v) is 1.39. The summed E-state index contributed by atoms with van der Waals surface area (Å²) in [5, 5.41) is 14.0. The highest BCUT2D eigenvalue weighted by atomic mass is 16.4. The van der Waals surface area contributed by atoms with Gasteiger partial charge in [-0.3, -0.25) is 4.79 Å². The third-order valence-electron chi connectivity index (χ3n) is 2.72. The Morgan fingerprint density at radius 1 is 1.10 bits per heavy atom. The van der Waals surface area contributed by atoms with Crippen LogP contribution in [0, 0.1) is 0 Å². The number of amides is 3. The van der Waals surface area contributed by atoms with E-state index in [0.717, 1.165) is 4.90 Å². The van der Waals surface area contributed by atoms with E-state index in [9.17, 15) is 14.4 Å². The van der Waals surface area contributed by atoms with Gasteiger partial charge in [-0.15, -0.1) is 0 Å². The Kier molecular flexibility index (Phi) is 5.08. The zero-order chi connectivity index (χ0) is 15.3. The fraction of sp³-hybridized carbons (Fsp3) is 0.308. The van der Waals surface area contributed by atoms with Gasteiger partial charge in [-0.2, -0.15) is 0 Å². The Morgan fingerprint density at radius 3 is 1.95 bits per heavy atom. The smallest absolute Gasteiger partial charge is 0.326 e. The van der Waals surface area contributed by atoms with Crippen LogP contribution >= 0.6 is 0 Å². The zero-order valence-corrected chi connectivity index (χ0v) is 11.5. The van der Waals surface area contributed by atoms with Crippen LogP contribution in [0.3, 0.4) is 0 Å². The minimum absolute atomic E-state index is 0.184. The lowest BCUT2D eigenvalue weighted by atomic mass is 10.2. The van der Waals surface area contributed by atoms with Gasteiger partial charge in [0.2, 0.25) is 5.91 Å². The average molecular weight is 279 g/mol. The number of nitrogens with zero attached hydrogens (tertiary/aromatic N) is 1. The lowest BCUT2D eigenvalue weighted by Gasteiger charge is -2.21. The fourth-order valence-electron chi connectivity index (χ4n) is 1.39. The van der Waals surface area contributed by atoms with Crippen LogP contribution in [-0.2, 0) is 9.59 Å². The van der Waals surface area contributed by atoms with Gasteiger partial charge in [0.25, 0.3) is 0 Å². The summed E-state index contributed by atoms with van der Waals surface area (Å²) in [6, 6.07) is 5.06. The standard InChI is InChI=1S/C13H17N3O4/c1-8(12(18)19)16(3)13(20)15-11-6-4-10(5-7-11)14-9(2)17/h4-8H,1-3H3,(H,14,17)(H,15,20)(H,18,19). The number of hydrogen-bond acceptors (Lipinski definition) is 3. The van der Waals surface area contributed by atoms with Gasteiger partial charge in [0, 0.05) is 25.3 Å². The van der Waals surface area contributed by atoms with Crippen LogP contribution < -0.4 is 10.6 Å². The number of likely N-dealkylation sites (N-methyl/N-ethyl adjacent to an activating group) is 1. The van der Waals surface area contributed by atoms with E-state index >= 15 is 0 Å². The third-order valence-corrected chi connectivity index (χ3v) is 2.72. The molecule has 0 fully saturated rings. The second-order valence-corrected chi connectivity index (χ2v) is 4.31. The van der Waals surface area contributed by atoms with Gasteiger partial charge in [-0.25, -0.2) is 9.59 Å². The molecule has 1 aromatic rings. The monoisotopic (exact) mass is 279 g/mol. The number of carboxylic acids is 1. The van der Waals surface area contributed by atoms with Crippen LogP contribution in [0.15, 0.2) is 24.3 Å². The molecule has 3 amide bonds. The van der Waals surface area contributed by atoms with Crippen molar-refractivity contribution >= 4 is 29.3 Å². The number of carbonyl (C=O) groups is 3. The Hall–Kier alpha value is -2.57. The van der Waals surface area contributed by atoms with Crippen molar-refractivity contribution in [2.45, 2.75) is 19.9 Å². The summed E-state index contributed by atoms with van der Waals surface area (Å²) in [7, 11) is 1.40. The molecule has 1 aromatic carbocycles. The molecular weight excluding hydrogens is 262 g/mol. The highest BCUT2D eigenvalue weighted by Crippen LogP contribution is 2.14. The minimum atomic E-state index is -1.08. The molecule has 0 saturated heterocycles. The molecule has 0 aliphatic rings. The molecule has 7 nitrogen and oxygen atoms in total. The van der Waals surface area contributed by atoms with E-state index in [1.54, 1.807) is 24.3 Å². The summed E-state index contributed by atoms with van der Waals surface area (Å²) in [6.45, 7) is 2.82. The van der Waals surface area contributed by atoms with Crippen molar-refractivity contribution in [3.05, 3.63) is 24.3 Å². The molecule has 0 radical (unpaired) electrons. The number of urea groups is 1. The van der Waals surface area contributed by atoms with E-state index in [0.29, 0.717) is 11.4 Å². The maximum atomic E-state index is 11.8. The summed E-state index contributed by atoms with van der Waals surface area (Å²) in [5.74, 6) is -1.26. The molecule has 0 aromatic heterocycles. The highest BCUT2D eigenvalue weighted by molar-refractivity contribution is 5.93. The number of hydrogen-bond donors (Lipinski definition) is 3. The molecule has 1 rings (SSSR count). The normalized spacial score (nSPS) is 11.3. The molecule has 0 bridgehead atoms. The van der Waals surface area contributed by atoms with Crippen molar-refractivity contribution in [1.29, 1.82) is 0 Å². The first-order valence-corrected chi connectivity index (χ1v) is 5.95. The van der Waals surface area contributed by atoms with Crippen molar-refractivity contribution in [3.63, 3.8) is 0 Å². The summed E-state index contributed by atoms with van der Waals surface area (Å²) in [6.07, 6.45) is 0. The van der Waals surface area contributed by atoms with Gasteiger partial charge in [0.1, 0.15) is 6.04 Å². The van der Waals surface area contributed by atoms with Crippen LogP contribution in [0.2, 0.25) is 0 Å². The first-order valence-electron chi connectivity index (χ1n) is 5.95. The number of anilines is 2. The van der Waals surface area contributed by atoms with E-state index in [2.05, 4.69) is 10.6 Å². The zero-order valence-electron chi connectivity index (χ0n) is 11.5. The highest BCUT2D eigenvalue weighted by Gasteiger charge is 2.21. The van der Waals surface area contributed by atoms with Gasteiger partial charge in [-0.05, 0) is 31.2 Å². The van der Waals surface area contributed by atoms with Crippen molar-refractivity contribution < 1.29 is 19.5 Å².